The third kappa shape index (κ3) is 5.15. The number of hydrogen-bond donors (Lipinski definition) is 1. The molecule has 0 fully saturated rings. The fraction of sp³-hybridized carbons (Fsp3) is 0.0588. The SMILES string of the molecule is CC(/C=C/c1ccccc1)=N/NC(=O)c1ccc(I)cc1. The highest BCUT2D eigenvalue weighted by molar-refractivity contribution is 14.1. The predicted molar refractivity (Wildman–Crippen MR) is 95.2 cm³/mol. The van der Waals surface area contributed by atoms with Crippen molar-refractivity contribution >= 4 is 40.3 Å². The van der Waals surface area contributed by atoms with E-state index in [4.69, 9.17) is 0 Å². The molecule has 0 atom stereocenters. The molecule has 0 heterocycles. The van der Waals surface area contributed by atoms with Gasteiger partial charge in [-0.3, -0.25) is 4.79 Å². The lowest BCUT2D eigenvalue weighted by Crippen LogP contribution is -2.18. The first-order chi connectivity index (χ1) is 10.1. The van der Waals surface area contributed by atoms with Gasteiger partial charge in [-0.25, -0.2) is 5.43 Å². The average molecular weight is 390 g/mol. The second kappa shape index (κ2) is 7.73. The van der Waals surface area contributed by atoms with Gasteiger partial charge in [-0.15, -0.1) is 0 Å². The van der Waals surface area contributed by atoms with Crippen LogP contribution in [-0.2, 0) is 0 Å². The monoisotopic (exact) mass is 390 g/mol. The first-order valence-electron chi connectivity index (χ1n) is 6.48. The Labute approximate surface area is 137 Å². The Morgan fingerprint density at radius 1 is 1.10 bits per heavy atom. The largest absolute Gasteiger partial charge is 0.271 e. The lowest BCUT2D eigenvalue weighted by atomic mass is 10.2. The summed E-state index contributed by atoms with van der Waals surface area (Å²) in [5.74, 6) is -0.209. The molecular weight excluding hydrogens is 375 g/mol. The zero-order valence-corrected chi connectivity index (χ0v) is 13.7. The summed E-state index contributed by atoms with van der Waals surface area (Å²) >= 11 is 2.20. The smallest absolute Gasteiger partial charge is 0.267 e. The van der Waals surface area contributed by atoms with Crippen LogP contribution in [0.5, 0.6) is 0 Å². The molecule has 1 N–H and O–H groups in total. The normalized spacial score (nSPS) is 11.6. The predicted octanol–water partition coefficient (Wildman–Crippen LogP) is 4.11. The lowest BCUT2D eigenvalue weighted by Gasteiger charge is -2.00. The van der Waals surface area contributed by atoms with Crippen molar-refractivity contribution in [3.05, 3.63) is 75.4 Å². The van der Waals surface area contributed by atoms with E-state index in [0.717, 1.165) is 14.8 Å². The molecule has 106 valence electrons. The van der Waals surface area contributed by atoms with Crippen molar-refractivity contribution < 1.29 is 4.79 Å². The highest BCUT2D eigenvalue weighted by atomic mass is 127. The van der Waals surface area contributed by atoms with Gasteiger partial charge in [0.1, 0.15) is 0 Å². The Morgan fingerprint density at radius 2 is 1.76 bits per heavy atom. The van der Waals surface area contributed by atoms with E-state index in [1.54, 1.807) is 12.1 Å². The van der Waals surface area contributed by atoms with E-state index in [2.05, 4.69) is 33.1 Å². The first kappa shape index (κ1) is 15.4. The number of hydrogen-bond acceptors (Lipinski definition) is 2. The second-order valence-electron chi connectivity index (χ2n) is 4.45. The molecule has 0 saturated carbocycles. The summed E-state index contributed by atoms with van der Waals surface area (Å²) in [6, 6.07) is 17.3. The molecule has 21 heavy (non-hydrogen) atoms. The van der Waals surface area contributed by atoms with Gasteiger partial charge in [0.2, 0.25) is 0 Å². The van der Waals surface area contributed by atoms with Crippen molar-refractivity contribution in [2.75, 3.05) is 0 Å². The van der Waals surface area contributed by atoms with Gasteiger partial charge in [-0.1, -0.05) is 36.4 Å². The van der Waals surface area contributed by atoms with E-state index >= 15 is 0 Å². The summed E-state index contributed by atoms with van der Waals surface area (Å²) in [7, 11) is 0. The number of nitrogens with one attached hydrogen (secondary N) is 1. The maximum absolute atomic E-state index is 11.9. The molecular formula is C17H15IN2O. The third-order valence-electron chi connectivity index (χ3n) is 2.76. The van der Waals surface area contributed by atoms with Crippen LogP contribution in [0.2, 0.25) is 0 Å². The summed E-state index contributed by atoms with van der Waals surface area (Å²) in [5, 5.41) is 4.07. The Hall–Kier alpha value is -1.95. The van der Waals surface area contributed by atoms with E-state index in [-0.39, 0.29) is 5.91 Å². The van der Waals surface area contributed by atoms with Crippen LogP contribution < -0.4 is 5.43 Å². The highest BCUT2D eigenvalue weighted by Crippen LogP contribution is 2.06. The summed E-state index contributed by atoms with van der Waals surface area (Å²) in [6.07, 6.45) is 3.82. The minimum Gasteiger partial charge on any atom is -0.267 e. The van der Waals surface area contributed by atoms with Crippen LogP contribution in [0, 0.1) is 3.57 Å². The minimum absolute atomic E-state index is 0.209. The molecule has 0 aromatic heterocycles. The van der Waals surface area contributed by atoms with Gasteiger partial charge in [0.05, 0.1) is 5.71 Å². The number of carbonyl (C=O) groups is 1. The molecule has 3 nitrogen and oxygen atoms in total. The maximum atomic E-state index is 11.9. The topological polar surface area (TPSA) is 41.5 Å². The molecule has 0 bridgehead atoms. The van der Waals surface area contributed by atoms with Crippen LogP contribution in [-0.4, -0.2) is 11.6 Å². The lowest BCUT2D eigenvalue weighted by molar-refractivity contribution is 0.0955. The summed E-state index contributed by atoms with van der Waals surface area (Å²) < 4.78 is 1.09. The van der Waals surface area contributed by atoms with Gasteiger partial charge in [0.25, 0.3) is 5.91 Å². The van der Waals surface area contributed by atoms with Gasteiger partial charge in [0, 0.05) is 9.13 Å². The molecule has 0 aliphatic heterocycles. The zero-order valence-electron chi connectivity index (χ0n) is 11.6. The standard InChI is InChI=1S/C17H15IN2O/c1-13(7-8-14-5-3-2-4-6-14)19-20-17(21)15-9-11-16(18)12-10-15/h2-12H,1H3,(H,20,21)/b8-7+,19-13-. The molecule has 0 aliphatic rings. The van der Waals surface area contributed by atoms with Gasteiger partial charge in [0.15, 0.2) is 0 Å². The second-order valence-corrected chi connectivity index (χ2v) is 5.69. The quantitative estimate of drug-likeness (QED) is 0.477. The van der Waals surface area contributed by atoms with Crippen molar-refractivity contribution in [1.82, 2.24) is 5.43 Å². The van der Waals surface area contributed by atoms with E-state index in [1.807, 2.05) is 61.5 Å². The first-order valence-corrected chi connectivity index (χ1v) is 7.56. The number of amides is 1. The van der Waals surface area contributed by atoms with Crippen molar-refractivity contribution in [3.8, 4) is 0 Å². The molecule has 2 rings (SSSR count). The summed E-state index contributed by atoms with van der Waals surface area (Å²) in [5.41, 5.74) is 4.97. The zero-order chi connectivity index (χ0) is 15.1. The number of nitrogens with zero attached hydrogens (tertiary/aromatic N) is 1. The molecule has 0 saturated heterocycles. The molecule has 1 amide bonds. The van der Waals surface area contributed by atoms with Crippen molar-refractivity contribution in [2.45, 2.75) is 6.92 Å². The van der Waals surface area contributed by atoms with E-state index < -0.39 is 0 Å². The molecule has 0 spiro atoms. The van der Waals surface area contributed by atoms with Crippen LogP contribution in [0.3, 0.4) is 0 Å². The molecule has 0 radical (unpaired) electrons. The summed E-state index contributed by atoms with van der Waals surface area (Å²) in [6.45, 7) is 1.84. The molecule has 2 aromatic carbocycles. The van der Waals surface area contributed by atoms with Gasteiger partial charge in [-0.2, -0.15) is 5.10 Å². The van der Waals surface area contributed by atoms with Crippen LogP contribution in [0.1, 0.15) is 22.8 Å². The van der Waals surface area contributed by atoms with Gasteiger partial charge >= 0.3 is 0 Å². The maximum Gasteiger partial charge on any atom is 0.271 e. The van der Waals surface area contributed by atoms with Gasteiger partial charge in [-0.05, 0) is 65.4 Å². The van der Waals surface area contributed by atoms with Crippen LogP contribution >= 0.6 is 22.6 Å². The Kier molecular flexibility index (Phi) is 5.68. The van der Waals surface area contributed by atoms with Crippen LogP contribution in [0.25, 0.3) is 6.08 Å². The van der Waals surface area contributed by atoms with Crippen molar-refractivity contribution in [3.63, 3.8) is 0 Å². The average Bonchev–Trinajstić information content (AvgIpc) is 2.52. The third-order valence-corrected chi connectivity index (χ3v) is 3.48. The summed E-state index contributed by atoms with van der Waals surface area (Å²) in [4.78, 5) is 11.9. The Bertz CT molecular complexity index is 661. The highest BCUT2D eigenvalue weighted by Gasteiger charge is 2.03. The number of halogens is 1. The van der Waals surface area contributed by atoms with Crippen molar-refractivity contribution in [1.29, 1.82) is 0 Å². The fourth-order valence-electron chi connectivity index (χ4n) is 1.62. The van der Waals surface area contributed by atoms with Crippen molar-refractivity contribution in [2.24, 2.45) is 5.10 Å². The Morgan fingerprint density at radius 3 is 2.43 bits per heavy atom. The Balaban J connectivity index is 1.95. The molecule has 4 heteroatoms. The number of rotatable bonds is 4. The number of benzene rings is 2. The van der Waals surface area contributed by atoms with E-state index in [1.165, 1.54) is 0 Å². The number of hydrazone groups is 1. The molecule has 0 unspecified atom stereocenters. The molecule has 0 aliphatic carbocycles. The van der Waals surface area contributed by atoms with E-state index in [9.17, 15) is 4.79 Å². The number of carbonyl (C=O) groups excluding carboxylic acids is 1. The van der Waals surface area contributed by atoms with Crippen LogP contribution in [0.15, 0.2) is 65.8 Å². The minimum atomic E-state index is -0.209. The molecule has 2 aromatic rings. The fourth-order valence-corrected chi connectivity index (χ4v) is 1.98. The van der Waals surface area contributed by atoms with E-state index in [0.29, 0.717) is 5.56 Å². The van der Waals surface area contributed by atoms with Crippen LogP contribution in [0.4, 0.5) is 0 Å². The number of allylic oxidation sites excluding steroid dienone is 1. The van der Waals surface area contributed by atoms with Gasteiger partial charge < -0.3 is 0 Å².